The molecule has 0 saturated carbocycles. The first-order valence-electron chi connectivity index (χ1n) is 6.48. The van der Waals surface area contributed by atoms with Crippen molar-refractivity contribution in [3.05, 3.63) is 62.4 Å². The fourth-order valence-electron chi connectivity index (χ4n) is 2.10. The lowest BCUT2D eigenvalue weighted by molar-refractivity contribution is -0.113. The fraction of sp³-hybridized carbons (Fsp3) is 0. The van der Waals surface area contributed by atoms with Gasteiger partial charge >= 0.3 is 0 Å². The lowest BCUT2D eigenvalue weighted by Crippen LogP contribution is -2.27. The number of phenols is 1. The van der Waals surface area contributed by atoms with Gasteiger partial charge in [-0.1, -0.05) is 69.7 Å². The largest absolute Gasteiger partial charge is 0.506 e. The minimum absolute atomic E-state index is 0.0696. The average molecular weight is 427 g/mol. The van der Waals surface area contributed by atoms with Crippen molar-refractivity contribution in [3.8, 4) is 5.75 Å². The zero-order valence-electron chi connectivity index (χ0n) is 11.5. The van der Waals surface area contributed by atoms with Crippen molar-refractivity contribution in [2.24, 2.45) is 0 Å². The van der Waals surface area contributed by atoms with Gasteiger partial charge < -0.3 is 5.11 Å². The Morgan fingerprint density at radius 3 is 2.65 bits per heavy atom. The third-order valence-electron chi connectivity index (χ3n) is 3.15. The lowest BCUT2D eigenvalue weighted by atomic mass is 10.2. The summed E-state index contributed by atoms with van der Waals surface area (Å²) in [6.45, 7) is 0. The lowest BCUT2D eigenvalue weighted by Gasteiger charge is -2.13. The number of nitrogens with zero attached hydrogens (tertiary/aromatic N) is 1. The predicted octanol–water partition coefficient (Wildman–Crippen LogP) is 5.21. The van der Waals surface area contributed by atoms with Crippen LogP contribution in [-0.2, 0) is 4.79 Å². The molecule has 1 heterocycles. The summed E-state index contributed by atoms with van der Waals surface area (Å²) in [7, 11) is 0. The number of phenolic OH excluding ortho intramolecular Hbond substituents is 1. The number of hydrogen-bond donors (Lipinski definition) is 1. The summed E-state index contributed by atoms with van der Waals surface area (Å²) < 4.78 is 1.16. The number of hydrogen-bond acceptors (Lipinski definition) is 4. The van der Waals surface area contributed by atoms with Crippen LogP contribution in [0.1, 0.15) is 5.56 Å². The Bertz CT molecular complexity index is 839. The summed E-state index contributed by atoms with van der Waals surface area (Å²) in [6, 6.07) is 12.5. The molecule has 3 nitrogen and oxygen atoms in total. The predicted molar refractivity (Wildman–Crippen MR) is 103 cm³/mol. The van der Waals surface area contributed by atoms with E-state index in [2.05, 4.69) is 15.9 Å². The molecule has 1 amide bonds. The minimum Gasteiger partial charge on any atom is -0.506 e. The number of thiocarbonyl (C=S) groups is 1. The second-order valence-corrected chi connectivity index (χ2v) is 7.68. The van der Waals surface area contributed by atoms with Crippen LogP contribution in [0.4, 0.5) is 5.69 Å². The molecule has 1 aliphatic heterocycles. The van der Waals surface area contributed by atoms with Crippen molar-refractivity contribution in [1.29, 1.82) is 0 Å². The van der Waals surface area contributed by atoms with Crippen LogP contribution in [0.15, 0.2) is 51.8 Å². The summed E-state index contributed by atoms with van der Waals surface area (Å²) in [5.74, 6) is -0.290. The number of anilines is 1. The van der Waals surface area contributed by atoms with Gasteiger partial charge in [0.15, 0.2) is 4.32 Å². The maximum Gasteiger partial charge on any atom is 0.270 e. The van der Waals surface area contributed by atoms with Crippen LogP contribution in [0.25, 0.3) is 6.08 Å². The maximum atomic E-state index is 12.6. The zero-order chi connectivity index (χ0) is 16.6. The highest BCUT2D eigenvalue weighted by molar-refractivity contribution is 9.10. The molecule has 23 heavy (non-hydrogen) atoms. The van der Waals surface area contributed by atoms with Crippen molar-refractivity contribution in [2.75, 3.05) is 4.90 Å². The van der Waals surface area contributed by atoms with E-state index in [1.54, 1.807) is 18.2 Å². The van der Waals surface area contributed by atoms with Crippen molar-refractivity contribution in [3.63, 3.8) is 0 Å². The van der Waals surface area contributed by atoms with Gasteiger partial charge in [0.25, 0.3) is 5.91 Å². The third-order valence-corrected chi connectivity index (χ3v) is 5.20. The Hall–Kier alpha value is -1.34. The molecule has 2 aromatic carbocycles. The summed E-state index contributed by atoms with van der Waals surface area (Å²) >= 11 is 15.8. The quantitative estimate of drug-likeness (QED) is 0.528. The number of halogens is 2. The molecule has 1 saturated heterocycles. The maximum absolute atomic E-state index is 12.6. The molecule has 1 aliphatic rings. The van der Waals surface area contributed by atoms with E-state index in [0.717, 1.165) is 5.69 Å². The van der Waals surface area contributed by atoms with Crippen LogP contribution in [0.3, 0.4) is 0 Å². The average Bonchev–Trinajstić information content (AvgIpc) is 2.79. The second kappa shape index (κ2) is 6.65. The number of amides is 1. The number of carbonyl (C=O) groups excluding carboxylic acids is 1. The molecule has 2 aromatic rings. The van der Waals surface area contributed by atoms with E-state index in [9.17, 15) is 9.90 Å². The van der Waals surface area contributed by atoms with E-state index in [1.165, 1.54) is 16.7 Å². The first-order chi connectivity index (χ1) is 11.0. The van der Waals surface area contributed by atoms with E-state index in [0.29, 0.717) is 19.3 Å². The Labute approximate surface area is 156 Å². The van der Waals surface area contributed by atoms with Crippen LogP contribution in [-0.4, -0.2) is 15.3 Å². The van der Waals surface area contributed by atoms with E-state index in [1.807, 2.05) is 30.3 Å². The van der Waals surface area contributed by atoms with Crippen molar-refractivity contribution in [2.45, 2.75) is 0 Å². The molecule has 0 atom stereocenters. The van der Waals surface area contributed by atoms with Gasteiger partial charge in [0.05, 0.1) is 15.6 Å². The highest BCUT2D eigenvalue weighted by Crippen LogP contribution is 2.39. The molecular weight excluding hydrogens is 418 g/mol. The summed E-state index contributed by atoms with van der Waals surface area (Å²) in [5.41, 5.74) is 1.17. The molecule has 0 radical (unpaired) electrons. The fourth-order valence-corrected chi connectivity index (χ4v) is 4.23. The molecule has 0 aromatic heterocycles. The van der Waals surface area contributed by atoms with Crippen LogP contribution in [0.5, 0.6) is 5.75 Å². The molecule has 7 heteroatoms. The van der Waals surface area contributed by atoms with Crippen LogP contribution >= 0.6 is 51.5 Å². The monoisotopic (exact) mass is 425 g/mol. The van der Waals surface area contributed by atoms with Gasteiger partial charge in [-0.3, -0.25) is 9.69 Å². The van der Waals surface area contributed by atoms with Gasteiger partial charge in [-0.05, 0) is 30.3 Å². The van der Waals surface area contributed by atoms with Gasteiger partial charge in [0.1, 0.15) is 5.75 Å². The van der Waals surface area contributed by atoms with E-state index < -0.39 is 0 Å². The molecule has 0 spiro atoms. The number of benzene rings is 2. The van der Waals surface area contributed by atoms with Gasteiger partial charge in [-0.15, -0.1) is 0 Å². The molecule has 1 fully saturated rings. The Balaban J connectivity index is 2.00. The smallest absolute Gasteiger partial charge is 0.270 e. The number of para-hydroxylation sites is 1. The number of thioether (sulfide) groups is 1. The van der Waals surface area contributed by atoms with Crippen LogP contribution in [0.2, 0.25) is 5.02 Å². The third kappa shape index (κ3) is 3.30. The Morgan fingerprint density at radius 2 is 1.96 bits per heavy atom. The van der Waals surface area contributed by atoms with E-state index in [4.69, 9.17) is 23.8 Å². The summed E-state index contributed by atoms with van der Waals surface area (Å²) in [5, 5.41) is 10.3. The SMILES string of the molecule is O=C1/C(=C\c2cc(Br)cc(Cl)c2O)SC(=S)N1c1ccccc1. The normalized spacial score (nSPS) is 16.4. The molecular formula is C16H9BrClNO2S2. The van der Waals surface area contributed by atoms with Gasteiger partial charge in [-0.25, -0.2) is 0 Å². The number of aromatic hydroxyl groups is 1. The first kappa shape index (κ1) is 16.5. The van der Waals surface area contributed by atoms with Crippen molar-refractivity contribution < 1.29 is 9.90 Å². The van der Waals surface area contributed by atoms with Gasteiger partial charge in [-0.2, -0.15) is 0 Å². The molecule has 0 aliphatic carbocycles. The van der Waals surface area contributed by atoms with Crippen LogP contribution in [0, 0.1) is 0 Å². The van der Waals surface area contributed by atoms with Crippen LogP contribution < -0.4 is 4.90 Å². The van der Waals surface area contributed by atoms with Gasteiger partial charge in [0, 0.05) is 10.0 Å². The highest BCUT2D eigenvalue weighted by atomic mass is 79.9. The Morgan fingerprint density at radius 1 is 1.26 bits per heavy atom. The number of carbonyl (C=O) groups is 1. The topological polar surface area (TPSA) is 40.5 Å². The van der Waals surface area contributed by atoms with E-state index in [-0.39, 0.29) is 16.7 Å². The molecule has 3 rings (SSSR count). The summed E-state index contributed by atoms with van der Waals surface area (Å²) in [6.07, 6.45) is 1.59. The second-order valence-electron chi connectivity index (χ2n) is 4.68. The van der Waals surface area contributed by atoms with Crippen molar-refractivity contribution in [1.82, 2.24) is 0 Å². The zero-order valence-corrected chi connectivity index (χ0v) is 15.5. The molecule has 0 unspecified atom stereocenters. The molecule has 0 bridgehead atoms. The molecule has 1 N–H and O–H groups in total. The summed E-state index contributed by atoms with van der Waals surface area (Å²) in [4.78, 5) is 14.5. The molecule has 116 valence electrons. The number of rotatable bonds is 2. The standard InChI is InChI=1S/C16H9BrClNO2S2/c17-10-6-9(14(20)12(18)8-10)7-13-15(21)19(16(22)23-13)11-4-2-1-3-5-11/h1-8,20H/b13-7+. The van der Waals surface area contributed by atoms with Crippen molar-refractivity contribution >= 4 is 73.5 Å². The van der Waals surface area contributed by atoms with E-state index >= 15 is 0 Å². The highest BCUT2D eigenvalue weighted by Gasteiger charge is 2.33. The Kier molecular flexibility index (Phi) is 4.77. The first-order valence-corrected chi connectivity index (χ1v) is 8.88. The minimum atomic E-state index is -0.221. The van der Waals surface area contributed by atoms with Gasteiger partial charge in [0.2, 0.25) is 0 Å².